The molecule has 3 aromatic heterocycles. The molecule has 0 bridgehead atoms. The minimum absolute atomic E-state index is 0.231. The minimum Gasteiger partial charge on any atom is -0.306 e. The van der Waals surface area contributed by atoms with Gasteiger partial charge < -0.3 is 4.90 Å². The van der Waals surface area contributed by atoms with Crippen molar-refractivity contribution in [3.8, 4) is 23.3 Å². The molecule has 3 heterocycles. The lowest BCUT2D eigenvalue weighted by molar-refractivity contribution is 0.188. The van der Waals surface area contributed by atoms with Crippen molar-refractivity contribution in [2.45, 2.75) is 54.5 Å². The molecular weight excluding hydrogens is 473 g/mol. The van der Waals surface area contributed by atoms with Gasteiger partial charge >= 0.3 is 0 Å². The zero-order valence-corrected chi connectivity index (χ0v) is 21.3. The number of nitriles is 2. The van der Waals surface area contributed by atoms with Gasteiger partial charge in [0.05, 0.1) is 40.0 Å². The summed E-state index contributed by atoms with van der Waals surface area (Å²) >= 11 is 1.14. The van der Waals surface area contributed by atoms with Crippen molar-refractivity contribution in [3.05, 3.63) is 65.5 Å². The molecule has 0 radical (unpaired) electrons. The maximum Gasteiger partial charge on any atom is 0.138 e. The Hall–Kier alpha value is -3.66. The first-order valence-corrected chi connectivity index (χ1v) is 12.7. The Morgan fingerprint density at radius 2 is 1.81 bits per heavy atom. The monoisotopic (exact) mass is 499 g/mol. The largest absolute Gasteiger partial charge is 0.306 e. The number of nitrogens with zero attached hydrogens (tertiary/aromatic N) is 7. The van der Waals surface area contributed by atoms with E-state index in [1.165, 1.54) is 18.3 Å². The second-order valence-electron chi connectivity index (χ2n) is 9.40. The van der Waals surface area contributed by atoms with Gasteiger partial charge in [0.1, 0.15) is 18.0 Å². The molecule has 182 valence electrons. The van der Waals surface area contributed by atoms with E-state index in [1.807, 2.05) is 18.5 Å². The Bertz CT molecular complexity index is 1510. The van der Waals surface area contributed by atoms with Crippen LogP contribution in [0.2, 0.25) is 0 Å². The molecule has 0 atom stereocenters. The predicted octanol–water partition coefficient (Wildman–Crippen LogP) is 5.59. The molecule has 1 aliphatic carbocycles. The van der Waals surface area contributed by atoms with Crippen molar-refractivity contribution in [1.29, 1.82) is 10.5 Å². The number of hydrogen-bond acceptors (Lipinski definition) is 6. The molecule has 0 aliphatic heterocycles. The lowest BCUT2D eigenvalue weighted by Crippen LogP contribution is -2.33. The molecule has 36 heavy (non-hydrogen) atoms. The van der Waals surface area contributed by atoms with Gasteiger partial charge in [0.15, 0.2) is 0 Å². The lowest BCUT2D eigenvalue weighted by atomic mass is 9.90. The van der Waals surface area contributed by atoms with Gasteiger partial charge in [0.25, 0.3) is 0 Å². The van der Waals surface area contributed by atoms with Crippen molar-refractivity contribution in [1.82, 2.24) is 24.3 Å². The van der Waals surface area contributed by atoms with E-state index < -0.39 is 5.82 Å². The molecule has 1 aliphatic rings. The van der Waals surface area contributed by atoms with Gasteiger partial charge in [-0.3, -0.25) is 4.68 Å². The highest BCUT2D eigenvalue weighted by molar-refractivity contribution is 7.99. The first-order chi connectivity index (χ1) is 17.4. The molecule has 0 amide bonds. The van der Waals surface area contributed by atoms with E-state index in [2.05, 4.69) is 47.8 Å². The second kappa shape index (κ2) is 9.77. The summed E-state index contributed by atoms with van der Waals surface area (Å²) in [6.07, 6.45) is 9.72. The maximum atomic E-state index is 14.7. The predicted molar refractivity (Wildman–Crippen MR) is 136 cm³/mol. The third kappa shape index (κ3) is 4.26. The molecule has 1 fully saturated rings. The molecule has 0 spiro atoms. The average molecular weight is 500 g/mol. The molecule has 9 heteroatoms. The summed E-state index contributed by atoms with van der Waals surface area (Å²) in [4.78, 5) is 3.19. The van der Waals surface area contributed by atoms with Crippen LogP contribution in [0.3, 0.4) is 0 Å². The molecule has 4 aromatic rings. The van der Waals surface area contributed by atoms with Crippen molar-refractivity contribution in [3.63, 3.8) is 0 Å². The van der Waals surface area contributed by atoms with E-state index in [0.717, 1.165) is 54.3 Å². The van der Waals surface area contributed by atoms with Gasteiger partial charge in [-0.2, -0.15) is 20.7 Å². The highest BCUT2D eigenvalue weighted by Gasteiger charge is 2.26. The molecule has 0 N–H and O–H groups in total. The van der Waals surface area contributed by atoms with E-state index in [1.54, 1.807) is 10.6 Å². The highest BCUT2D eigenvalue weighted by atomic mass is 32.2. The molecule has 5 rings (SSSR count). The summed E-state index contributed by atoms with van der Waals surface area (Å²) in [5.41, 5.74) is 4.14. The fourth-order valence-electron chi connectivity index (χ4n) is 5.10. The van der Waals surface area contributed by atoms with Gasteiger partial charge in [-0.1, -0.05) is 17.8 Å². The van der Waals surface area contributed by atoms with Crippen LogP contribution in [0.1, 0.15) is 48.5 Å². The van der Waals surface area contributed by atoms with E-state index >= 15 is 0 Å². The van der Waals surface area contributed by atoms with Crippen LogP contribution >= 0.6 is 11.8 Å². The number of hydrogen-bond donors (Lipinski definition) is 0. The molecule has 7 nitrogen and oxygen atoms in total. The number of pyridine rings is 1. The molecular formula is C27H26FN7S. The first kappa shape index (κ1) is 24.1. The van der Waals surface area contributed by atoms with Crippen molar-refractivity contribution in [2.75, 3.05) is 14.1 Å². The van der Waals surface area contributed by atoms with E-state index in [-0.39, 0.29) is 10.5 Å². The van der Waals surface area contributed by atoms with Crippen LogP contribution in [0.25, 0.3) is 16.6 Å². The lowest BCUT2D eigenvalue weighted by Gasteiger charge is -2.33. The number of fused-ring (bicyclic) bond motifs is 1. The number of rotatable bonds is 5. The normalized spacial score (nSPS) is 17.9. The number of benzene rings is 1. The fraction of sp³-hybridized carbons (Fsp3) is 0.333. The number of halogens is 1. The Kier molecular flexibility index (Phi) is 6.53. The van der Waals surface area contributed by atoms with E-state index in [9.17, 15) is 14.9 Å². The Morgan fingerprint density at radius 1 is 1.06 bits per heavy atom. The quantitative estimate of drug-likeness (QED) is 0.356. The Balaban J connectivity index is 1.56. The second-order valence-corrected chi connectivity index (χ2v) is 10.5. The maximum absolute atomic E-state index is 14.7. The van der Waals surface area contributed by atoms with E-state index in [4.69, 9.17) is 5.10 Å². The molecule has 1 aromatic carbocycles. The van der Waals surface area contributed by atoms with Gasteiger partial charge in [0, 0.05) is 34.0 Å². The van der Waals surface area contributed by atoms with Crippen LogP contribution in [0.4, 0.5) is 4.39 Å². The van der Waals surface area contributed by atoms with Gasteiger partial charge in [-0.15, -0.1) is 0 Å². The van der Waals surface area contributed by atoms with Crippen LogP contribution in [-0.4, -0.2) is 44.4 Å². The van der Waals surface area contributed by atoms with Crippen molar-refractivity contribution >= 4 is 17.3 Å². The Labute approximate surface area is 213 Å². The van der Waals surface area contributed by atoms with Gasteiger partial charge in [-0.25, -0.2) is 8.91 Å². The zero-order chi connectivity index (χ0) is 25.4. The van der Waals surface area contributed by atoms with Gasteiger partial charge in [0.2, 0.25) is 0 Å². The van der Waals surface area contributed by atoms with Crippen LogP contribution in [-0.2, 0) is 0 Å². The van der Waals surface area contributed by atoms with Crippen molar-refractivity contribution < 1.29 is 4.39 Å². The van der Waals surface area contributed by atoms with Crippen LogP contribution in [0, 0.1) is 35.4 Å². The van der Waals surface area contributed by atoms with E-state index in [0.29, 0.717) is 28.1 Å². The summed E-state index contributed by atoms with van der Waals surface area (Å²) in [6.45, 7) is 2.08. The topological polar surface area (TPSA) is 85.9 Å². The Morgan fingerprint density at radius 3 is 2.50 bits per heavy atom. The van der Waals surface area contributed by atoms with Crippen LogP contribution < -0.4 is 0 Å². The smallest absolute Gasteiger partial charge is 0.138 e. The highest BCUT2D eigenvalue weighted by Crippen LogP contribution is 2.39. The molecule has 1 saturated carbocycles. The fourth-order valence-corrected chi connectivity index (χ4v) is 6.19. The summed E-state index contributed by atoms with van der Waals surface area (Å²) in [7, 11) is 4.28. The van der Waals surface area contributed by atoms with Gasteiger partial charge in [-0.05, 0) is 64.9 Å². The average Bonchev–Trinajstić information content (AvgIpc) is 3.48. The van der Waals surface area contributed by atoms with Crippen molar-refractivity contribution in [2.24, 2.45) is 0 Å². The zero-order valence-electron chi connectivity index (χ0n) is 20.4. The standard InChI is InChI=1S/C27H26FN7S/c1-17-23(15-32-35(17)22-9-7-21(8-10-22)33(2)3)19-11-25(26-20(13-30)14-31-34(26)16-19)36-27-18(12-29)5-4-6-24(27)28/h4-6,11,14-16,21-22H,7-10H2,1-3H3/t21-,22-. The summed E-state index contributed by atoms with van der Waals surface area (Å²) < 4.78 is 18.5. The first-order valence-electron chi connectivity index (χ1n) is 11.9. The third-order valence-corrected chi connectivity index (χ3v) is 8.24. The number of aromatic nitrogens is 4. The molecule has 0 unspecified atom stereocenters. The third-order valence-electron chi connectivity index (χ3n) is 7.09. The summed E-state index contributed by atoms with van der Waals surface area (Å²) in [5, 5.41) is 28.3. The minimum atomic E-state index is -0.474. The van der Waals surface area contributed by atoms with Crippen LogP contribution in [0.5, 0.6) is 0 Å². The van der Waals surface area contributed by atoms with Crippen LogP contribution in [0.15, 0.2) is 52.6 Å². The summed E-state index contributed by atoms with van der Waals surface area (Å²) in [5.74, 6) is -0.474. The SMILES string of the molecule is Cc1c(-c2cc(Sc3c(F)cccc3C#N)c3c(C#N)cnn3c2)cnn1[C@H]1CC[C@H](N(C)C)CC1. The molecule has 0 saturated heterocycles. The summed E-state index contributed by atoms with van der Waals surface area (Å²) in [6, 6.07) is 11.6.